The number of carbonyl (C=O) groups excluding carboxylic acids is 1. The first-order chi connectivity index (χ1) is 13.0. The summed E-state index contributed by atoms with van der Waals surface area (Å²) in [4.78, 5) is 17.8. The van der Waals surface area contributed by atoms with E-state index in [1.54, 1.807) is 0 Å². The molecule has 3 N–H and O–H groups in total. The molecule has 0 amide bonds. The van der Waals surface area contributed by atoms with Gasteiger partial charge in [0.1, 0.15) is 0 Å². The Morgan fingerprint density at radius 2 is 1.89 bits per heavy atom. The molecule has 1 saturated heterocycles. The highest BCUT2D eigenvalue weighted by molar-refractivity contribution is 14.0. The SMILES string of the molecule is CCNC(=NCC(C)(O)CN1CCOCC1)NCCCCCCC(=O)OC.I. The number of rotatable bonds is 12. The van der Waals surface area contributed by atoms with Crippen LogP contribution in [0.5, 0.6) is 0 Å². The standard InChI is InChI=1S/C19H38N4O4.HI/c1-4-20-18(21-10-8-6-5-7-9-17(24)26-3)22-15-19(2,25)16-23-11-13-27-14-12-23;/h25H,4-16H2,1-3H3,(H2,20,21,22);1H. The van der Waals surface area contributed by atoms with Crippen molar-refractivity contribution in [1.29, 1.82) is 0 Å². The predicted octanol–water partition coefficient (Wildman–Crippen LogP) is 1.37. The molecule has 166 valence electrons. The molecule has 28 heavy (non-hydrogen) atoms. The third-order valence-corrected chi connectivity index (χ3v) is 4.42. The second-order valence-corrected chi connectivity index (χ2v) is 7.25. The van der Waals surface area contributed by atoms with Gasteiger partial charge in [-0.05, 0) is 26.7 Å². The molecular weight excluding hydrogens is 475 g/mol. The number of esters is 1. The molecule has 0 saturated carbocycles. The number of hydrogen-bond acceptors (Lipinski definition) is 6. The van der Waals surface area contributed by atoms with E-state index >= 15 is 0 Å². The Kier molecular flexibility index (Phi) is 15.8. The maximum atomic E-state index is 11.1. The van der Waals surface area contributed by atoms with Crippen molar-refractivity contribution in [3.05, 3.63) is 0 Å². The number of nitrogens with zero attached hydrogens (tertiary/aromatic N) is 2. The van der Waals surface area contributed by atoms with E-state index in [1.165, 1.54) is 7.11 Å². The van der Waals surface area contributed by atoms with Gasteiger partial charge in [0.25, 0.3) is 0 Å². The number of carbonyl (C=O) groups is 1. The Morgan fingerprint density at radius 1 is 1.21 bits per heavy atom. The summed E-state index contributed by atoms with van der Waals surface area (Å²) in [5, 5.41) is 17.2. The van der Waals surface area contributed by atoms with Crippen LogP contribution in [0.4, 0.5) is 0 Å². The minimum atomic E-state index is -0.867. The van der Waals surface area contributed by atoms with Crippen LogP contribution in [0.1, 0.15) is 46.0 Å². The summed E-state index contributed by atoms with van der Waals surface area (Å²) in [5.41, 5.74) is -0.867. The zero-order chi connectivity index (χ0) is 20.0. The van der Waals surface area contributed by atoms with Crippen molar-refractivity contribution in [3.8, 4) is 0 Å². The molecule has 0 aromatic rings. The fraction of sp³-hybridized carbons (Fsp3) is 0.895. The number of guanidine groups is 1. The van der Waals surface area contributed by atoms with Gasteiger partial charge in [-0.15, -0.1) is 24.0 Å². The lowest BCUT2D eigenvalue weighted by molar-refractivity contribution is -0.140. The average Bonchev–Trinajstić information content (AvgIpc) is 2.65. The quantitative estimate of drug-likeness (QED) is 0.119. The first-order valence-electron chi connectivity index (χ1n) is 10.1. The summed E-state index contributed by atoms with van der Waals surface area (Å²) in [5.74, 6) is 0.591. The number of unbranched alkanes of at least 4 members (excludes halogenated alkanes) is 3. The van der Waals surface area contributed by atoms with E-state index in [9.17, 15) is 9.90 Å². The van der Waals surface area contributed by atoms with E-state index < -0.39 is 5.60 Å². The molecular formula is C19H39IN4O4. The number of morpholine rings is 1. The Hall–Kier alpha value is -0.650. The smallest absolute Gasteiger partial charge is 0.305 e. The third-order valence-electron chi connectivity index (χ3n) is 4.42. The molecule has 0 spiro atoms. The minimum Gasteiger partial charge on any atom is -0.469 e. The molecule has 9 heteroatoms. The number of aliphatic imine (C=N–C) groups is 1. The van der Waals surface area contributed by atoms with Crippen molar-refractivity contribution in [3.63, 3.8) is 0 Å². The van der Waals surface area contributed by atoms with E-state index in [0.717, 1.165) is 71.0 Å². The van der Waals surface area contributed by atoms with Crippen molar-refractivity contribution in [1.82, 2.24) is 15.5 Å². The normalized spacial score (nSPS) is 17.4. The molecule has 1 heterocycles. The van der Waals surface area contributed by atoms with Crippen molar-refractivity contribution in [2.75, 3.05) is 59.6 Å². The van der Waals surface area contributed by atoms with Crippen molar-refractivity contribution in [2.45, 2.75) is 51.6 Å². The van der Waals surface area contributed by atoms with Crippen LogP contribution in [0.2, 0.25) is 0 Å². The van der Waals surface area contributed by atoms with Gasteiger partial charge >= 0.3 is 5.97 Å². The van der Waals surface area contributed by atoms with E-state index in [0.29, 0.717) is 19.5 Å². The summed E-state index contributed by atoms with van der Waals surface area (Å²) < 4.78 is 9.98. The van der Waals surface area contributed by atoms with Gasteiger partial charge in [-0.25, -0.2) is 0 Å². The lowest BCUT2D eigenvalue weighted by Crippen LogP contribution is -2.48. The summed E-state index contributed by atoms with van der Waals surface area (Å²) >= 11 is 0. The highest BCUT2D eigenvalue weighted by Gasteiger charge is 2.25. The van der Waals surface area contributed by atoms with Crippen LogP contribution in [0, 0.1) is 0 Å². The summed E-state index contributed by atoms with van der Waals surface area (Å²) in [6, 6.07) is 0. The van der Waals surface area contributed by atoms with E-state index in [1.807, 2.05) is 13.8 Å². The third kappa shape index (κ3) is 13.5. The first-order valence-corrected chi connectivity index (χ1v) is 10.1. The van der Waals surface area contributed by atoms with Gasteiger partial charge in [0, 0.05) is 39.1 Å². The van der Waals surface area contributed by atoms with Crippen molar-refractivity contribution >= 4 is 35.9 Å². The minimum absolute atomic E-state index is 0. The van der Waals surface area contributed by atoms with Crippen LogP contribution in [0.15, 0.2) is 4.99 Å². The van der Waals surface area contributed by atoms with Crippen LogP contribution in [-0.2, 0) is 14.3 Å². The van der Waals surface area contributed by atoms with Crippen LogP contribution < -0.4 is 10.6 Å². The molecule has 8 nitrogen and oxygen atoms in total. The molecule has 0 radical (unpaired) electrons. The van der Waals surface area contributed by atoms with E-state index in [-0.39, 0.29) is 29.9 Å². The summed E-state index contributed by atoms with van der Waals surface area (Å²) in [6.07, 6.45) is 4.43. The second kappa shape index (κ2) is 16.2. The first kappa shape index (κ1) is 27.4. The van der Waals surface area contributed by atoms with Crippen molar-refractivity contribution < 1.29 is 19.4 Å². The van der Waals surface area contributed by atoms with E-state index in [2.05, 4.69) is 25.3 Å². The number of hydrogen-bond donors (Lipinski definition) is 3. The van der Waals surface area contributed by atoms with E-state index in [4.69, 9.17) is 4.74 Å². The monoisotopic (exact) mass is 514 g/mol. The fourth-order valence-corrected chi connectivity index (χ4v) is 2.94. The molecule has 1 aliphatic rings. The highest BCUT2D eigenvalue weighted by Crippen LogP contribution is 2.09. The van der Waals surface area contributed by atoms with Crippen LogP contribution >= 0.6 is 24.0 Å². The lowest BCUT2D eigenvalue weighted by Gasteiger charge is -2.33. The van der Waals surface area contributed by atoms with Gasteiger partial charge in [0.2, 0.25) is 0 Å². The topological polar surface area (TPSA) is 95.4 Å². The van der Waals surface area contributed by atoms with Gasteiger partial charge in [-0.1, -0.05) is 12.8 Å². The molecule has 1 aliphatic heterocycles. The van der Waals surface area contributed by atoms with Gasteiger partial charge in [-0.2, -0.15) is 0 Å². The van der Waals surface area contributed by atoms with Crippen molar-refractivity contribution in [2.24, 2.45) is 4.99 Å². The number of ether oxygens (including phenoxy) is 2. The molecule has 1 atom stereocenters. The molecule has 0 aromatic heterocycles. The molecule has 1 unspecified atom stereocenters. The zero-order valence-corrected chi connectivity index (χ0v) is 20.0. The highest BCUT2D eigenvalue weighted by atomic mass is 127. The summed E-state index contributed by atoms with van der Waals surface area (Å²) in [7, 11) is 1.42. The Balaban J connectivity index is 0.00000729. The molecule has 0 bridgehead atoms. The maximum Gasteiger partial charge on any atom is 0.305 e. The van der Waals surface area contributed by atoms with Gasteiger partial charge in [-0.3, -0.25) is 14.7 Å². The maximum absolute atomic E-state index is 11.1. The number of nitrogens with one attached hydrogen (secondary N) is 2. The van der Waals surface area contributed by atoms with Crippen LogP contribution in [-0.4, -0.2) is 87.1 Å². The second-order valence-electron chi connectivity index (χ2n) is 7.25. The fourth-order valence-electron chi connectivity index (χ4n) is 2.94. The Bertz CT molecular complexity index is 444. The molecule has 1 fully saturated rings. The van der Waals surface area contributed by atoms with Gasteiger partial charge < -0.3 is 25.2 Å². The Morgan fingerprint density at radius 3 is 2.54 bits per heavy atom. The number of methoxy groups -OCH3 is 1. The largest absolute Gasteiger partial charge is 0.469 e. The number of aliphatic hydroxyl groups is 1. The Labute approximate surface area is 186 Å². The van der Waals surface area contributed by atoms with Gasteiger partial charge in [0.05, 0.1) is 32.5 Å². The predicted molar refractivity (Wildman–Crippen MR) is 122 cm³/mol. The average molecular weight is 514 g/mol. The summed E-state index contributed by atoms with van der Waals surface area (Å²) in [6.45, 7) is 9.55. The number of β-amino-alcohol motifs (C(OH)–C–C–N with tert-alkyl or cyclic N) is 1. The molecule has 0 aliphatic carbocycles. The van der Waals surface area contributed by atoms with Crippen LogP contribution in [0.3, 0.4) is 0 Å². The van der Waals surface area contributed by atoms with Gasteiger partial charge in [0.15, 0.2) is 5.96 Å². The molecule has 0 aromatic carbocycles. The zero-order valence-electron chi connectivity index (χ0n) is 17.7. The lowest BCUT2D eigenvalue weighted by atomic mass is 10.1. The van der Waals surface area contributed by atoms with Crippen LogP contribution in [0.25, 0.3) is 0 Å². The number of halogens is 1. The molecule has 1 rings (SSSR count).